The second-order valence-electron chi connectivity index (χ2n) is 3.40. The molecule has 0 aliphatic rings. The van der Waals surface area contributed by atoms with Gasteiger partial charge in [-0.15, -0.1) is 0 Å². The smallest absolute Gasteiger partial charge is 0.347 e. The predicted molar refractivity (Wildman–Crippen MR) is 61.3 cm³/mol. The molecule has 0 bridgehead atoms. The Hall–Kier alpha value is -2.04. The number of benzene rings is 1. The summed E-state index contributed by atoms with van der Waals surface area (Å²) >= 11 is 0. The van der Waals surface area contributed by atoms with Crippen LogP contribution >= 0.6 is 0 Å². The molecule has 1 atom stereocenters. The van der Waals surface area contributed by atoms with Gasteiger partial charge in [0, 0.05) is 0 Å². The molecule has 0 saturated heterocycles. The van der Waals surface area contributed by atoms with E-state index in [1.165, 1.54) is 0 Å². The zero-order chi connectivity index (χ0) is 12.7. The van der Waals surface area contributed by atoms with Gasteiger partial charge in [0.05, 0.1) is 0 Å². The Morgan fingerprint density at radius 1 is 1.29 bits per heavy atom. The third-order valence-corrected chi connectivity index (χ3v) is 2.01. The zero-order valence-corrected chi connectivity index (χ0v) is 9.59. The molecule has 5 nitrogen and oxygen atoms in total. The van der Waals surface area contributed by atoms with E-state index in [2.05, 4.69) is 0 Å². The Labute approximate surface area is 99.5 Å². The number of ether oxygens (including phenoxy) is 2. The van der Waals surface area contributed by atoms with Gasteiger partial charge in [0.2, 0.25) is 0 Å². The molecule has 0 fully saturated rings. The van der Waals surface area contributed by atoms with Crippen LogP contribution < -0.4 is 10.5 Å². The molecule has 0 aliphatic carbocycles. The van der Waals surface area contributed by atoms with Crippen LogP contribution in [-0.4, -0.2) is 24.6 Å². The molecule has 5 heteroatoms. The van der Waals surface area contributed by atoms with Gasteiger partial charge in [0.25, 0.3) is 5.91 Å². The Kier molecular flexibility index (Phi) is 5.00. The minimum absolute atomic E-state index is 0.423. The summed E-state index contributed by atoms with van der Waals surface area (Å²) in [6.45, 7) is 1.37. The fraction of sp³-hybridized carbons (Fsp3) is 0.333. The Bertz CT molecular complexity index is 377. The van der Waals surface area contributed by atoms with Crippen LogP contribution in [0.1, 0.15) is 13.3 Å². The molecule has 0 aliphatic heterocycles. The van der Waals surface area contributed by atoms with Crippen LogP contribution in [0.4, 0.5) is 0 Å². The number of hydrogen-bond acceptors (Lipinski definition) is 4. The van der Waals surface area contributed by atoms with Crippen LogP contribution in [0.2, 0.25) is 0 Å². The van der Waals surface area contributed by atoms with E-state index in [4.69, 9.17) is 15.2 Å². The zero-order valence-electron chi connectivity index (χ0n) is 9.59. The van der Waals surface area contributed by atoms with Crippen molar-refractivity contribution in [3.05, 3.63) is 30.3 Å². The van der Waals surface area contributed by atoms with E-state index in [-0.39, 0.29) is 0 Å². The van der Waals surface area contributed by atoms with E-state index in [0.717, 1.165) is 0 Å². The average molecular weight is 237 g/mol. The van der Waals surface area contributed by atoms with E-state index < -0.39 is 24.6 Å². The van der Waals surface area contributed by atoms with Gasteiger partial charge < -0.3 is 15.2 Å². The summed E-state index contributed by atoms with van der Waals surface area (Å²) in [5.74, 6) is -0.696. The summed E-state index contributed by atoms with van der Waals surface area (Å²) < 4.78 is 10.1. The Balaban J connectivity index is 2.53. The summed E-state index contributed by atoms with van der Waals surface area (Å²) in [5.41, 5.74) is 4.88. The summed E-state index contributed by atoms with van der Waals surface area (Å²) in [5, 5.41) is 0. The van der Waals surface area contributed by atoms with Crippen molar-refractivity contribution < 1.29 is 19.1 Å². The van der Waals surface area contributed by atoms with E-state index >= 15 is 0 Å². The van der Waals surface area contributed by atoms with Crippen LogP contribution in [0.3, 0.4) is 0 Å². The minimum atomic E-state index is -0.725. The molecule has 1 aromatic carbocycles. The normalized spacial score (nSPS) is 11.6. The number of amides is 1. The quantitative estimate of drug-likeness (QED) is 0.745. The van der Waals surface area contributed by atoms with Crippen molar-refractivity contribution in [1.29, 1.82) is 0 Å². The number of carbonyl (C=O) groups excluding carboxylic acids is 2. The van der Waals surface area contributed by atoms with E-state index in [1.54, 1.807) is 31.2 Å². The number of nitrogens with two attached hydrogens (primary N) is 1. The lowest BCUT2D eigenvalue weighted by atomic mass is 10.2. The molecule has 1 aromatic rings. The summed E-state index contributed by atoms with van der Waals surface area (Å²) in [6.07, 6.45) is -0.274. The van der Waals surface area contributed by atoms with Gasteiger partial charge in [-0.2, -0.15) is 0 Å². The van der Waals surface area contributed by atoms with Crippen molar-refractivity contribution in [1.82, 2.24) is 0 Å². The molecular formula is C12H15NO4. The molecule has 0 saturated carbocycles. The molecule has 92 valence electrons. The lowest BCUT2D eigenvalue weighted by Gasteiger charge is -2.15. The number of hydrogen-bond donors (Lipinski definition) is 1. The monoisotopic (exact) mass is 237 g/mol. The first kappa shape index (κ1) is 13.0. The van der Waals surface area contributed by atoms with Gasteiger partial charge in [-0.3, -0.25) is 4.79 Å². The van der Waals surface area contributed by atoms with Gasteiger partial charge >= 0.3 is 5.97 Å². The predicted octanol–water partition coefficient (Wildman–Crippen LogP) is 0.872. The maximum atomic E-state index is 11.5. The topological polar surface area (TPSA) is 78.6 Å². The highest BCUT2D eigenvalue weighted by atomic mass is 16.6. The minimum Gasteiger partial charge on any atom is -0.479 e. The lowest BCUT2D eigenvalue weighted by molar-refractivity contribution is -0.155. The van der Waals surface area contributed by atoms with Crippen LogP contribution in [0, 0.1) is 0 Å². The fourth-order valence-corrected chi connectivity index (χ4v) is 1.20. The average Bonchev–Trinajstić information content (AvgIpc) is 2.34. The summed E-state index contributed by atoms with van der Waals surface area (Å²) in [4.78, 5) is 22.0. The molecule has 0 spiro atoms. The fourth-order valence-electron chi connectivity index (χ4n) is 1.20. The molecule has 1 rings (SSSR count). The number of primary amides is 1. The van der Waals surface area contributed by atoms with E-state index in [9.17, 15) is 9.59 Å². The van der Waals surface area contributed by atoms with Crippen LogP contribution in [-0.2, 0) is 14.3 Å². The molecule has 17 heavy (non-hydrogen) atoms. The van der Waals surface area contributed by atoms with Gasteiger partial charge in [0.15, 0.2) is 12.7 Å². The highest BCUT2D eigenvalue weighted by Gasteiger charge is 2.20. The van der Waals surface area contributed by atoms with Crippen molar-refractivity contribution in [2.45, 2.75) is 19.4 Å². The van der Waals surface area contributed by atoms with Gasteiger partial charge in [0.1, 0.15) is 5.75 Å². The van der Waals surface area contributed by atoms with Crippen molar-refractivity contribution in [3.63, 3.8) is 0 Å². The third kappa shape index (κ3) is 4.55. The van der Waals surface area contributed by atoms with Crippen LogP contribution in [0.5, 0.6) is 5.75 Å². The van der Waals surface area contributed by atoms with Crippen LogP contribution in [0.25, 0.3) is 0 Å². The number of esters is 1. The van der Waals surface area contributed by atoms with E-state index in [1.807, 2.05) is 6.07 Å². The SMILES string of the molecule is CC[C@@H](Oc1ccccc1)C(=O)OCC(N)=O. The maximum Gasteiger partial charge on any atom is 0.347 e. The molecule has 0 heterocycles. The molecular weight excluding hydrogens is 222 g/mol. The van der Waals surface area contributed by atoms with Crippen molar-refractivity contribution in [2.24, 2.45) is 5.73 Å². The van der Waals surface area contributed by atoms with Crippen LogP contribution in [0.15, 0.2) is 30.3 Å². The lowest BCUT2D eigenvalue weighted by Crippen LogP contribution is -2.31. The second-order valence-corrected chi connectivity index (χ2v) is 3.40. The second kappa shape index (κ2) is 6.52. The van der Waals surface area contributed by atoms with Crippen molar-refractivity contribution in [2.75, 3.05) is 6.61 Å². The van der Waals surface area contributed by atoms with Gasteiger partial charge in [-0.05, 0) is 18.6 Å². The van der Waals surface area contributed by atoms with Gasteiger partial charge in [-0.25, -0.2) is 4.79 Å². The summed E-state index contributed by atoms with van der Waals surface area (Å²) in [6, 6.07) is 8.93. The molecule has 0 aromatic heterocycles. The first-order chi connectivity index (χ1) is 8.13. The molecule has 1 amide bonds. The largest absolute Gasteiger partial charge is 0.479 e. The number of para-hydroxylation sites is 1. The Morgan fingerprint density at radius 2 is 1.94 bits per heavy atom. The number of rotatable bonds is 6. The highest BCUT2D eigenvalue weighted by molar-refractivity contribution is 5.81. The molecule has 0 unspecified atom stereocenters. The molecule has 0 radical (unpaired) electrons. The first-order valence-electron chi connectivity index (χ1n) is 5.30. The Morgan fingerprint density at radius 3 is 2.47 bits per heavy atom. The summed E-state index contributed by atoms with van der Waals surface area (Å²) in [7, 11) is 0. The van der Waals surface area contributed by atoms with Crippen molar-refractivity contribution in [3.8, 4) is 5.75 Å². The first-order valence-corrected chi connectivity index (χ1v) is 5.30. The number of carbonyl (C=O) groups is 2. The van der Waals surface area contributed by atoms with E-state index in [0.29, 0.717) is 12.2 Å². The molecule has 2 N–H and O–H groups in total. The maximum absolute atomic E-state index is 11.5. The van der Waals surface area contributed by atoms with Gasteiger partial charge in [-0.1, -0.05) is 25.1 Å². The highest BCUT2D eigenvalue weighted by Crippen LogP contribution is 2.13. The third-order valence-electron chi connectivity index (χ3n) is 2.01. The standard InChI is InChI=1S/C12H15NO4/c1-2-10(12(15)16-8-11(13)14)17-9-6-4-3-5-7-9/h3-7,10H,2,8H2,1H3,(H2,13,14)/t10-/m1/s1. The van der Waals surface area contributed by atoms with Crippen molar-refractivity contribution >= 4 is 11.9 Å².